The van der Waals surface area contributed by atoms with Gasteiger partial charge in [0.2, 0.25) is 0 Å². The van der Waals surface area contributed by atoms with Gasteiger partial charge in [-0.1, -0.05) is 36.8 Å². The van der Waals surface area contributed by atoms with Crippen molar-refractivity contribution in [1.29, 1.82) is 0 Å². The van der Waals surface area contributed by atoms with Crippen LogP contribution in [0.15, 0.2) is 42.6 Å². The predicted octanol–water partition coefficient (Wildman–Crippen LogP) is 6.03. The average Bonchev–Trinajstić information content (AvgIpc) is 3.25. The van der Waals surface area contributed by atoms with E-state index in [1.807, 2.05) is 36.4 Å². The number of benzene rings is 1. The molecule has 0 radical (unpaired) electrons. The van der Waals surface area contributed by atoms with Crippen LogP contribution in [0.5, 0.6) is 0 Å². The van der Waals surface area contributed by atoms with Crippen molar-refractivity contribution in [2.75, 3.05) is 6.54 Å². The Hall–Kier alpha value is -2.30. The molecule has 0 aromatic heterocycles. The Kier molecular flexibility index (Phi) is 5.69. The van der Waals surface area contributed by atoms with Crippen LogP contribution in [0.3, 0.4) is 0 Å². The monoisotopic (exact) mass is 463 g/mol. The van der Waals surface area contributed by atoms with E-state index in [4.69, 9.17) is 9.47 Å². The molecule has 1 atom stereocenters. The summed E-state index contributed by atoms with van der Waals surface area (Å²) in [6.07, 6.45) is 16.2. The van der Waals surface area contributed by atoms with Gasteiger partial charge in [0.15, 0.2) is 0 Å². The van der Waals surface area contributed by atoms with E-state index in [0.717, 1.165) is 68.3 Å². The first kappa shape index (κ1) is 22.2. The van der Waals surface area contributed by atoms with Crippen LogP contribution in [0.1, 0.15) is 76.2 Å². The van der Waals surface area contributed by atoms with E-state index in [0.29, 0.717) is 13.0 Å². The van der Waals surface area contributed by atoms with Crippen molar-refractivity contribution < 1.29 is 19.1 Å². The third kappa shape index (κ3) is 4.27. The molecule has 5 heteroatoms. The fraction of sp³-hybridized carbons (Fsp3) is 0.655. The minimum atomic E-state index is -0.862. The Bertz CT molecular complexity index is 915. The van der Waals surface area contributed by atoms with Gasteiger partial charge in [-0.05, 0) is 100 Å². The second kappa shape index (κ2) is 8.73. The van der Waals surface area contributed by atoms with Crippen LogP contribution in [0.25, 0.3) is 0 Å². The highest BCUT2D eigenvalue weighted by molar-refractivity contribution is 5.83. The maximum absolute atomic E-state index is 13.6. The van der Waals surface area contributed by atoms with Crippen LogP contribution in [0, 0.1) is 23.2 Å². The number of rotatable bonds is 5. The van der Waals surface area contributed by atoms with Gasteiger partial charge in [-0.25, -0.2) is 4.79 Å². The van der Waals surface area contributed by atoms with E-state index in [-0.39, 0.29) is 23.8 Å². The number of ether oxygens (including phenoxy) is 2. The lowest BCUT2D eigenvalue weighted by molar-refractivity contribution is -0.160. The van der Waals surface area contributed by atoms with Crippen LogP contribution in [-0.4, -0.2) is 35.2 Å². The zero-order chi connectivity index (χ0) is 23.2. The van der Waals surface area contributed by atoms with Crippen LogP contribution < -0.4 is 0 Å². The fourth-order valence-electron chi connectivity index (χ4n) is 7.90. The first-order chi connectivity index (χ1) is 16.5. The summed E-state index contributed by atoms with van der Waals surface area (Å²) in [5, 5.41) is 0. The molecule has 182 valence electrons. The van der Waals surface area contributed by atoms with Crippen LogP contribution in [0.4, 0.5) is 4.79 Å². The standard InChI is InChI=1S/C29H37NO4/c31-26(33-25-9-5-2-6-10-25)28(16-21-7-3-1-4-8-21)11-12-30(20-28)27(32)34-29-17-22-13-23(18-29)15-24(14-22)19-29/h1,3-4,7-8,11-12,22-25H,2,5-6,9-10,13-20H2/t22?,23?,24?,28-,29?/m0/s1. The topological polar surface area (TPSA) is 55.8 Å². The average molecular weight is 464 g/mol. The summed E-state index contributed by atoms with van der Waals surface area (Å²) in [4.78, 5) is 28.6. The zero-order valence-electron chi connectivity index (χ0n) is 20.1. The molecule has 1 aliphatic heterocycles. The molecule has 0 unspecified atom stereocenters. The Morgan fingerprint density at radius 2 is 1.56 bits per heavy atom. The lowest BCUT2D eigenvalue weighted by atomic mass is 9.54. The molecular formula is C29H37NO4. The highest BCUT2D eigenvalue weighted by atomic mass is 16.6. The summed E-state index contributed by atoms with van der Waals surface area (Å²) in [5.74, 6) is 1.95. The van der Waals surface area contributed by atoms with Gasteiger partial charge in [-0.3, -0.25) is 9.69 Å². The molecule has 1 aromatic rings. The van der Waals surface area contributed by atoms with Crippen LogP contribution in [0.2, 0.25) is 0 Å². The summed E-state index contributed by atoms with van der Waals surface area (Å²) >= 11 is 0. The Morgan fingerprint density at radius 1 is 0.912 bits per heavy atom. The fourth-order valence-corrected chi connectivity index (χ4v) is 7.90. The molecule has 1 heterocycles. The highest BCUT2D eigenvalue weighted by Crippen LogP contribution is 2.57. The second-order valence-electron chi connectivity index (χ2n) is 11.9. The molecule has 5 aliphatic carbocycles. The molecule has 0 N–H and O–H groups in total. The van der Waals surface area contributed by atoms with Crippen molar-refractivity contribution in [3.8, 4) is 0 Å². The molecule has 6 aliphatic rings. The number of hydrogen-bond acceptors (Lipinski definition) is 4. The van der Waals surface area contributed by atoms with E-state index in [1.54, 1.807) is 11.1 Å². The van der Waals surface area contributed by atoms with Crippen molar-refractivity contribution in [1.82, 2.24) is 4.90 Å². The van der Waals surface area contributed by atoms with Gasteiger partial charge in [0.1, 0.15) is 17.1 Å². The minimum absolute atomic E-state index is 0.00433. The largest absolute Gasteiger partial charge is 0.462 e. The van der Waals surface area contributed by atoms with Crippen molar-refractivity contribution in [2.24, 2.45) is 23.2 Å². The SMILES string of the molecule is O=C(OC12CC3CC(CC(C3)C1)C2)N1C=C[C@@](Cc2ccccc2)(C(=O)OC2CCCCC2)C1. The third-order valence-electron chi connectivity index (χ3n) is 9.14. The molecule has 34 heavy (non-hydrogen) atoms. The summed E-state index contributed by atoms with van der Waals surface area (Å²) in [7, 11) is 0. The smallest absolute Gasteiger partial charge is 0.414 e. The maximum atomic E-state index is 13.6. The zero-order valence-corrected chi connectivity index (χ0v) is 20.1. The summed E-state index contributed by atoms with van der Waals surface area (Å²) in [6.45, 7) is 0.290. The van der Waals surface area contributed by atoms with Crippen molar-refractivity contribution in [3.05, 3.63) is 48.2 Å². The molecule has 5 fully saturated rings. The molecule has 1 amide bonds. The Balaban J connectivity index is 1.17. The lowest BCUT2D eigenvalue weighted by Gasteiger charge is -2.55. The van der Waals surface area contributed by atoms with Gasteiger partial charge in [0.05, 0.1) is 0 Å². The normalized spacial score (nSPS) is 36.6. The van der Waals surface area contributed by atoms with E-state index in [2.05, 4.69) is 0 Å². The number of nitrogens with zero attached hydrogens (tertiary/aromatic N) is 1. The number of amides is 1. The number of carbonyl (C=O) groups is 2. The summed E-state index contributed by atoms with van der Waals surface area (Å²) < 4.78 is 12.3. The molecule has 5 saturated carbocycles. The molecule has 0 spiro atoms. The van der Waals surface area contributed by atoms with Gasteiger partial charge in [0, 0.05) is 12.7 Å². The van der Waals surface area contributed by atoms with Gasteiger partial charge in [0.25, 0.3) is 0 Å². The highest BCUT2D eigenvalue weighted by Gasteiger charge is 2.54. The first-order valence-electron chi connectivity index (χ1n) is 13.4. The van der Waals surface area contributed by atoms with Gasteiger partial charge in [-0.15, -0.1) is 0 Å². The van der Waals surface area contributed by atoms with Gasteiger partial charge < -0.3 is 9.47 Å². The maximum Gasteiger partial charge on any atom is 0.414 e. The summed E-state index contributed by atoms with van der Waals surface area (Å²) in [5.41, 5.74) is -0.0734. The first-order valence-corrected chi connectivity index (χ1v) is 13.4. The van der Waals surface area contributed by atoms with Crippen LogP contribution >= 0.6 is 0 Å². The van der Waals surface area contributed by atoms with E-state index >= 15 is 0 Å². The molecular weight excluding hydrogens is 426 g/mol. The summed E-state index contributed by atoms with van der Waals surface area (Å²) in [6, 6.07) is 10.1. The molecule has 1 aromatic carbocycles. The lowest BCUT2D eigenvalue weighted by Crippen LogP contribution is -2.54. The second-order valence-corrected chi connectivity index (χ2v) is 11.9. The van der Waals surface area contributed by atoms with Crippen molar-refractivity contribution in [3.63, 3.8) is 0 Å². The van der Waals surface area contributed by atoms with Crippen LogP contribution in [-0.2, 0) is 20.7 Å². The third-order valence-corrected chi connectivity index (χ3v) is 9.14. The number of esters is 1. The van der Waals surface area contributed by atoms with Crippen molar-refractivity contribution in [2.45, 2.75) is 88.8 Å². The Morgan fingerprint density at radius 3 is 2.21 bits per heavy atom. The Labute approximate surface area is 202 Å². The van der Waals surface area contributed by atoms with Crippen molar-refractivity contribution >= 4 is 12.1 Å². The number of carbonyl (C=O) groups excluding carboxylic acids is 2. The molecule has 7 rings (SSSR count). The van der Waals surface area contributed by atoms with E-state index in [9.17, 15) is 9.59 Å². The minimum Gasteiger partial charge on any atom is -0.462 e. The molecule has 5 nitrogen and oxygen atoms in total. The van der Waals surface area contributed by atoms with E-state index in [1.165, 1.54) is 25.7 Å². The van der Waals surface area contributed by atoms with E-state index < -0.39 is 5.41 Å². The number of hydrogen-bond donors (Lipinski definition) is 0. The molecule has 4 bridgehead atoms. The van der Waals surface area contributed by atoms with Gasteiger partial charge in [-0.2, -0.15) is 0 Å². The van der Waals surface area contributed by atoms with Gasteiger partial charge >= 0.3 is 12.1 Å². The predicted molar refractivity (Wildman–Crippen MR) is 129 cm³/mol. The molecule has 0 saturated heterocycles. The quantitative estimate of drug-likeness (QED) is 0.501.